The molecule has 2 amide bonds. The molecule has 0 unspecified atom stereocenters. The maximum Gasteiger partial charge on any atom is 0.276 e. The molecule has 2 aromatic carbocycles. The molecule has 0 atom stereocenters. The van der Waals surface area contributed by atoms with Crippen molar-refractivity contribution in [2.24, 2.45) is 0 Å². The number of amides is 2. The van der Waals surface area contributed by atoms with E-state index in [0.29, 0.717) is 16.9 Å². The van der Waals surface area contributed by atoms with Gasteiger partial charge in [0.2, 0.25) is 0 Å². The normalized spacial score (nSPS) is 13.6. The molecule has 0 radical (unpaired) electrons. The Balaban J connectivity index is 1.45. The number of non-ortho nitro benzene ring substituents is 1. The first kappa shape index (κ1) is 21.6. The van der Waals surface area contributed by atoms with Gasteiger partial charge in [-0.3, -0.25) is 19.7 Å². The van der Waals surface area contributed by atoms with Gasteiger partial charge in [-0.25, -0.2) is 4.68 Å². The van der Waals surface area contributed by atoms with Crippen LogP contribution in [0.1, 0.15) is 26.4 Å². The van der Waals surface area contributed by atoms with Crippen molar-refractivity contribution >= 4 is 35.0 Å². The topological polar surface area (TPSA) is 110 Å². The molecule has 10 heteroatoms. The summed E-state index contributed by atoms with van der Waals surface area (Å²) in [6, 6.07) is 12.7. The molecule has 0 saturated carbocycles. The van der Waals surface area contributed by atoms with Crippen molar-refractivity contribution in [3.63, 3.8) is 0 Å². The third-order valence-electron chi connectivity index (χ3n) is 5.17. The monoisotopic (exact) mass is 451 g/mol. The standard InChI is InChI=1S/C22H21N5O4S/c1-15-14-16(22(29)25-10-12-32-13-11-25)2-7-19(15)23-21(28)20-8-9-26(24-20)17-3-5-18(6-4-17)27(30)31/h2-9,14H,10-13H2,1H3,(H,23,28). The van der Waals surface area contributed by atoms with Crippen LogP contribution in [0.15, 0.2) is 54.7 Å². The van der Waals surface area contributed by atoms with E-state index in [1.165, 1.54) is 16.8 Å². The van der Waals surface area contributed by atoms with Gasteiger partial charge in [-0.15, -0.1) is 0 Å². The second-order valence-electron chi connectivity index (χ2n) is 7.31. The molecular formula is C22H21N5O4S. The number of thioether (sulfide) groups is 1. The van der Waals surface area contributed by atoms with E-state index in [4.69, 9.17) is 0 Å². The quantitative estimate of drug-likeness (QED) is 0.469. The molecule has 1 N–H and O–H groups in total. The van der Waals surface area contributed by atoms with E-state index < -0.39 is 4.92 Å². The summed E-state index contributed by atoms with van der Waals surface area (Å²) in [5.74, 6) is 1.52. The highest BCUT2D eigenvalue weighted by molar-refractivity contribution is 7.99. The Morgan fingerprint density at radius 1 is 1.09 bits per heavy atom. The minimum absolute atomic E-state index is 0.00752. The number of carbonyl (C=O) groups is 2. The van der Waals surface area contributed by atoms with Gasteiger partial charge in [-0.2, -0.15) is 16.9 Å². The fourth-order valence-corrected chi connectivity index (χ4v) is 4.29. The molecule has 0 bridgehead atoms. The Bertz CT molecular complexity index is 1170. The fraction of sp³-hybridized carbons (Fsp3) is 0.227. The van der Waals surface area contributed by atoms with Crippen molar-refractivity contribution < 1.29 is 14.5 Å². The highest BCUT2D eigenvalue weighted by atomic mass is 32.2. The molecular weight excluding hydrogens is 430 g/mol. The summed E-state index contributed by atoms with van der Waals surface area (Å²) in [7, 11) is 0. The van der Waals surface area contributed by atoms with E-state index in [1.807, 2.05) is 23.6 Å². The van der Waals surface area contributed by atoms with E-state index >= 15 is 0 Å². The van der Waals surface area contributed by atoms with Gasteiger partial charge >= 0.3 is 0 Å². The van der Waals surface area contributed by atoms with Gasteiger partial charge < -0.3 is 10.2 Å². The van der Waals surface area contributed by atoms with Crippen LogP contribution >= 0.6 is 11.8 Å². The maximum absolute atomic E-state index is 12.7. The lowest BCUT2D eigenvalue weighted by molar-refractivity contribution is -0.384. The van der Waals surface area contributed by atoms with Crippen LogP contribution in [0.2, 0.25) is 0 Å². The first-order valence-electron chi connectivity index (χ1n) is 10.0. The summed E-state index contributed by atoms with van der Waals surface area (Å²) in [6.45, 7) is 3.34. The number of aryl methyl sites for hydroxylation is 1. The van der Waals surface area contributed by atoms with E-state index in [2.05, 4.69) is 10.4 Å². The van der Waals surface area contributed by atoms with Crippen LogP contribution in [0.25, 0.3) is 5.69 Å². The lowest BCUT2D eigenvalue weighted by atomic mass is 10.1. The molecule has 3 aromatic rings. The molecule has 0 aliphatic carbocycles. The van der Waals surface area contributed by atoms with E-state index in [9.17, 15) is 19.7 Å². The summed E-state index contributed by atoms with van der Waals surface area (Å²) >= 11 is 1.85. The first-order valence-corrected chi connectivity index (χ1v) is 11.2. The van der Waals surface area contributed by atoms with Crippen molar-refractivity contribution in [3.8, 4) is 5.69 Å². The van der Waals surface area contributed by atoms with Crippen LogP contribution in [0.4, 0.5) is 11.4 Å². The molecule has 9 nitrogen and oxygen atoms in total. The summed E-state index contributed by atoms with van der Waals surface area (Å²) in [5, 5.41) is 17.9. The Morgan fingerprint density at radius 2 is 1.81 bits per heavy atom. The predicted molar refractivity (Wildman–Crippen MR) is 123 cm³/mol. The van der Waals surface area contributed by atoms with Gasteiger partial charge in [0.25, 0.3) is 17.5 Å². The zero-order chi connectivity index (χ0) is 22.7. The summed E-state index contributed by atoms with van der Waals surface area (Å²) < 4.78 is 1.48. The minimum atomic E-state index is -0.474. The molecule has 1 saturated heterocycles. The second kappa shape index (κ2) is 9.23. The van der Waals surface area contributed by atoms with Crippen molar-refractivity contribution in [3.05, 3.63) is 81.7 Å². The third-order valence-corrected chi connectivity index (χ3v) is 6.11. The van der Waals surface area contributed by atoms with Crippen LogP contribution in [-0.2, 0) is 0 Å². The van der Waals surface area contributed by atoms with Crippen molar-refractivity contribution in [1.29, 1.82) is 0 Å². The SMILES string of the molecule is Cc1cc(C(=O)N2CCSCC2)ccc1NC(=O)c1ccn(-c2ccc([N+](=O)[O-])cc2)n1. The molecule has 4 rings (SSSR count). The van der Waals surface area contributed by atoms with Crippen LogP contribution in [0, 0.1) is 17.0 Å². The van der Waals surface area contributed by atoms with Gasteiger partial charge in [0.05, 0.1) is 10.6 Å². The molecule has 1 fully saturated rings. The Morgan fingerprint density at radius 3 is 2.47 bits per heavy atom. The van der Waals surface area contributed by atoms with Gasteiger partial charge in [0.15, 0.2) is 5.69 Å². The minimum Gasteiger partial charge on any atom is -0.337 e. The number of rotatable bonds is 5. The average molecular weight is 452 g/mol. The van der Waals surface area contributed by atoms with Crippen molar-refractivity contribution in [1.82, 2.24) is 14.7 Å². The molecule has 1 aromatic heterocycles. The molecule has 164 valence electrons. The highest BCUT2D eigenvalue weighted by Crippen LogP contribution is 2.20. The number of carbonyl (C=O) groups excluding carboxylic acids is 2. The predicted octanol–water partition coefficient (Wildman–Crippen LogP) is 3.53. The van der Waals surface area contributed by atoms with Crippen LogP contribution < -0.4 is 5.32 Å². The van der Waals surface area contributed by atoms with Gasteiger partial charge in [0.1, 0.15) is 0 Å². The number of aromatic nitrogens is 2. The molecule has 2 heterocycles. The zero-order valence-corrected chi connectivity index (χ0v) is 18.2. The number of nitro benzene ring substituents is 1. The maximum atomic E-state index is 12.7. The third kappa shape index (κ3) is 4.65. The number of hydrogen-bond acceptors (Lipinski definition) is 6. The summed E-state index contributed by atoms with van der Waals surface area (Å²) in [6.07, 6.45) is 1.61. The number of nitro groups is 1. The smallest absolute Gasteiger partial charge is 0.276 e. The lowest BCUT2D eigenvalue weighted by Gasteiger charge is -2.26. The Hall–Kier alpha value is -3.66. The second-order valence-corrected chi connectivity index (χ2v) is 8.53. The number of hydrogen-bond donors (Lipinski definition) is 1. The van der Waals surface area contributed by atoms with Crippen LogP contribution in [0.3, 0.4) is 0 Å². The fourth-order valence-electron chi connectivity index (χ4n) is 3.39. The molecule has 0 spiro atoms. The van der Waals surface area contributed by atoms with Gasteiger partial charge in [-0.1, -0.05) is 0 Å². The highest BCUT2D eigenvalue weighted by Gasteiger charge is 2.19. The Labute approximate surface area is 188 Å². The van der Waals surface area contributed by atoms with Crippen molar-refractivity contribution in [2.75, 3.05) is 29.9 Å². The first-order chi connectivity index (χ1) is 15.4. The molecule has 32 heavy (non-hydrogen) atoms. The summed E-state index contributed by atoms with van der Waals surface area (Å²) in [4.78, 5) is 37.5. The van der Waals surface area contributed by atoms with Crippen molar-refractivity contribution in [2.45, 2.75) is 6.92 Å². The van der Waals surface area contributed by atoms with E-state index in [0.717, 1.165) is 30.2 Å². The van der Waals surface area contributed by atoms with E-state index in [-0.39, 0.29) is 23.2 Å². The average Bonchev–Trinajstić information content (AvgIpc) is 3.31. The largest absolute Gasteiger partial charge is 0.337 e. The van der Waals surface area contributed by atoms with Crippen LogP contribution in [-0.4, -0.2) is 56.0 Å². The number of benzene rings is 2. The molecule has 1 aliphatic heterocycles. The Kier molecular flexibility index (Phi) is 6.22. The van der Waals surface area contributed by atoms with Gasteiger partial charge in [-0.05, 0) is 48.9 Å². The number of anilines is 1. The number of nitrogens with zero attached hydrogens (tertiary/aromatic N) is 4. The lowest BCUT2D eigenvalue weighted by Crippen LogP contribution is -2.37. The summed E-state index contributed by atoms with van der Waals surface area (Å²) in [5.41, 5.74) is 2.78. The van der Waals surface area contributed by atoms with E-state index in [1.54, 1.807) is 42.6 Å². The van der Waals surface area contributed by atoms with Gasteiger partial charge in [0, 0.05) is 54.2 Å². The zero-order valence-electron chi connectivity index (χ0n) is 17.4. The molecule has 1 aliphatic rings. The number of nitrogens with one attached hydrogen (secondary N) is 1. The van der Waals surface area contributed by atoms with Crippen LogP contribution in [0.5, 0.6) is 0 Å².